The molecule has 162 valence electrons. The summed E-state index contributed by atoms with van der Waals surface area (Å²) in [5.41, 5.74) is 3.02. The molecule has 0 saturated carbocycles. The standard InChI is InChI=1S/C24H22N4O3S/c1-2-31-22-13-11-20(12-14-22)27-23(16-18-7-4-3-5-8-18)25-26-24(27)32-17-19-9-6-10-21(15-19)28(29)30/h3-15H,2,16-17H2,1H3. The van der Waals surface area contributed by atoms with Crippen LogP contribution in [-0.4, -0.2) is 26.3 Å². The molecule has 0 amide bonds. The minimum atomic E-state index is -0.380. The second kappa shape index (κ2) is 10.1. The van der Waals surface area contributed by atoms with Crippen molar-refractivity contribution in [1.29, 1.82) is 0 Å². The molecule has 4 aromatic rings. The number of nitrogens with zero attached hydrogens (tertiary/aromatic N) is 4. The first-order chi connectivity index (χ1) is 15.6. The Morgan fingerprint density at radius 1 is 0.969 bits per heavy atom. The second-order valence-electron chi connectivity index (χ2n) is 7.04. The number of nitro benzene ring substituents is 1. The molecule has 0 radical (unpaired) electrons. The fraction of sp³-hybridized carbons (Fsp3) is 0.167. The van der Waals surface area contributed by atoms with Gasteiger partial charge in [0, 0.05) is 30.0 Å². The van der Waals surface area contributed by atoms with Crippen LogP contribution in [0.15, 0.2) is 84.0 Å². The summed E-state index contributed by atoms with van der Waals surface area (Å²) in [5, 5.41) is 20.7. The number of benzene rings is 3. The predicted molar refractivity (Wildman–Crippen MR) is 124 cm³/mol. The van der Waals surface area contributed by atoms with Gasteiger partial charge in [0.2, 0.25) is 0 Å². The molecule has 0 aliphatic rings. The minimum absolute atomic E-state index is 0.0841. The summed E-state index contributed by atoms with van der Waals surface area (Å²) < 4.78 is 7.60. The lowest BCUT2D eigenvalue weighted by atomic mass is 10.1. The minimum Gasteiger partial charge on any atom is -0.494 e. The molecule has 3 aromatic carbocycles. The summed E-state index contributed by atoms with van der Waals surface area (Å²) in [5.74, 6) is 2.17. The van der Waals surface area contributed by atoms with Crippen molar-refractivity contribution >= 4 is 17.4 Å². The summed E-state index contributed by atoms with van der Waals surface area (Å²) in [6.45, 7) is 2.56. The molecule has 0 fully saturated rings. The van der Waals surface area contributed by atoms with E-state index in [2.05, 4.69) is 22.3 Å². The molecule has 1 heterocycles. The van der Waals surface area contributed by atoms with Gasteiger partial charge in [0.05, 0.1) is 11.5 Å². The zero-order chi connectivity index (χ0) is 22.3. The Kier molecular flexibility index (Phi) is 6.81. The number of ether oxygens (including phenoxy) is 1. The SMILES string of the molecule is CCOc1ccc(-n2c(Cc3ccccc3)nnc2SCc2cccc([N+](=O)[O-])c2)cc1. The van der Waals surface area contributed by atoms with Crippen molar-refractivity contribution < 1.29 is 9.66 Å². The van der Waals surface area contributed by atoms with Crippen LogP contribution in [0.3, 0.4) is 0 Å². The average Bonchev–Trinajstić information content (AvgIpc) is 3.21. The van der Waals surface area contributed by atoms with E-state index in [0.29, 0.717) is 18.8 Å². The van der Waals surface area contributed by atoms with E-state index in [9.17, 15) is 10.1 Å². The summed E-state index contributed by atoms with van der Waals surface area (Å²) >= 11 is 1.50. The van der Waals surface area contributed by atoms with Gasteiger partial charge in [0.15, 0.2) is 5.16 Å². The summed E-state index contributed by atoms with van der Waals surface area (Å²) in [7, 11) is 0. The van der Waals surface area contributed by atoms with Crippen LogP contribution in [0.25, 0.3) is 5.69 Å². The molecule has 1 aromatic heterocycles. The Morgan fingerprint density at radius 3 is 2.44 bits per heavy atom. The third-order valence-electron chi connectivity index (χ3n) is 4.80. The molecule has 0 spiro atoms. The van der Waals surface area contributed by atoms with Crippen LogP contribution >= 0.6 is 11.8 Å². The Morgan fingerprint density at radius 2 is 1.72 bits per heavy atom. The quantitative estimate of drug-likeness (QED) is 0.193. The van der Waals surface area contributed by atoms with Crippen LogP contribution in [0, 0.1) is 10.1 Å². The molecule has 0 saturated heterocycles. The first kappa shape index (κ1) is 21.6. The van der Waals surface area contributed by atoms with Gasteiger partial charge < -0.3 is 4.74 Å². The first-order valence-corrected chi connectivity index (χ1v) is 11.2. The largest absolute Gasteiger partial charge is 0.494 e. The number of hydrogen-bond donors (Lipinski definition) is 0. The van der Waals surface area contributed by atoms with Crippen molar-refractivity contribution in [2.24, 2.45) is 0 Å². The van der Waals surface area contributed by atoms with Crippen LogP contribution < -0.4 is 4.74 Å². The molecule has 0 bridgehead atoms. The summed E-state index contributed by atoms with van der Waals surface area (Å²) in [6, 6.07) is 24.6. The second-order valence-corrected chi connectivity index (χ2v) is 7.98. The lowest BCUT2D eigenvalue weighted by Crippen LogP contribution is -2.04. The maximum Gasteiger partial charge on any atom is 0.269 e. The average molecular weight is 447 g/mol. The van der Waals surface area contributed by atoms with Gasteiger partial charge in [-0.25, -0.2) is 0 Å². The predicted octanol–water partition coefficient (Wildman–Crippen LogP) is 5.46. The van der Waals surface area contributed by atoms with E-state index in [4.69, 9.17) is 4.74 Å². The highest BCUT2D eigenvalue weighted by atomic mass is 32.2. The number of thioether (sulfide) groups is 1. The summed E-state index contributed by atoms with van der Waals surface area (Å²) in [4.78, 5) is 10.7. The molecule has 32 heavy (non-hydrogen) atoms. The summed E-state index contributed by atoms with van der Waals surface area (Å²) in [6.07, 6.45) is 0.637. The van der Waals surface area contributed by atoms with E-state index in [1.807, 2.05) is 60.0 Å². The van der Waals surface area contributed by atoms with Gasteiger partial charge in [0.1, 0.15) is 11.6 Å². The zero-order valence-electron chi connectivity index (χ0n) is 17.5. The fourth-order valence-corrected chi connectivity index (χ4v) is 4.23. The maximum atomic E-state index is 11.1. The van der Waals surface area contributed by atoms with Gasteiger partial charge in [-0.2, -0.15) is 0 Å². The van der Waals surface area contributed by atoms with Gasteiger partial charge in [-0.1, -0.05) is 54.2 Å². The highest BCUT2D eigenvalue weighted by Gasteiger charge is 2.16. The van der Waals surface area contributed by atoms with E-state index in [0.717, 1.165) is 33.5 Å². The van der Waals surface area contributed by atoms with Crippen LogP contribution in [0.4, 0.5) is 5.69 Å². The molecule has 8 heteroatoms. The molecule has 0 N–H and O–H groups in total. The molecular weight excluding hydrogens is 424 g/mol. The van der Waals surface area contributed by atoms with E-state index >= 15 is 0 Å². The number of aromatic nitrogens is 3. The Labute approximate surface area is 190 Å². The van der Waals surface area contributed by atoms with E-state index < -0.39 is 0 Å². The van der Waals surface area contributed by atoms with Crippen molar-refractivity contribution in [3.8, 4) is 11.4 Å². The van der Waals surface area contributed by atoms with Gasteiger partial charge in [0.25, 0.3) is 5.69 Å². The van der Waals surface area contributed by atoms with Crippen LogP contribution in [-0.2, 0) is 12.2 Å². The number of non-ortho nitro benzene ring substituents is 1. The van der Waals surface area contributed by atoms with Crippen LogP contribution in [0.1, 0.15) is 23.9 Å². The van der Waals surface area contributed by atoms with E-state index in [1.54, 1.807) is 12.1 Å². The molecule has 0 unspecified atom stereocenters. The fourth-order valence-electron chi connectivity index (χ4n) is 3.31. The van der Waals surface area contributed by atoms with Crippen molar-refractivity contribution in [2.45, 2.75) is 24.3 Å². The highest BCUT2D eigenvalue weighted by Crippen LogP contribution is 2.28. The first-order valence-electron chi connectivity index (χ1n) is 10.2. The van der Waals surface area contributed by atoms with Crippen molar-refractivity contribution in [2.75, 3.05) is 6.61 Å². The topological polar surface area (TPSA) is 83.1 Å². The lowest BCUT2D eigenvalue weighted by Gasteiger charge is -2.11. The molecule has 0 aliphatic heterocycles. The van der Waals surface area contributed by atoms with E-state index in [-0.39, 0.29) is 10.6 Å². The Bertz CT molecular complexity index is 1190. The van der Waals surface area contributed by atoms with Crippen molar-refractivity contribution in [1.82, 2.24) is 14.8 Å². The maximum absolute atomic E-state index is 11.1. The van der Waals surface area contributed by atoms with Gasteiger partial charge in [-0.05, 0) is 42.3 Å². The normalized spacial score (nSPS) is 10.8. The molecular formula is C24H22N4O3S. The highest BCUT2D eigenvalue weighted by molar-refractivity contribution is 7.98. The Hall–Kier alpha value is -3.65. The molecule has 0 atom stereocenters. The van der Waals surface area contributed by atoms with Crippen LogP contribution in [0.2, 0.25) is 0 Å². The zero-order valence-corrected chi connectivity index (χ0v) is 18.4. The van der Waals surface area contributed by atoms with E-state index in [1.165, 1.54) is 17.8 Å². The van der Waals surface area contributed by atoms with Gasteiger partial charge in [-0.3, -0.25) is 14.7 Å². The number of rotatable bonds is 9. The van der Waals surface area contributed by atoms with Gasteiger partial charge in [-0.15, -0.1) is 10.2 Å². The molecule has 0 aliphatic carbocycles. The van der Waals surface area contributed by atoms with Crippen LogP contribution in [0.5, 0.6) is 5.75 Å². The number of hydrogen-bond acceptors (Lipinski definition) is 6. The van der Waals surface area contributed by atoms with Gasteiger partial charge >= 0.3 is 0 Å². The third kappa shape index (κ3) is 5.15. The Balaban J connectivity index is 1.64. The molecule has 7 nitrogen and oxygen atoms in total. The van der Waals surface area contributed by atoms with Crippen molar-refractivity contribution in [3.05, 3.63) is 106 Å². The third-order valence-corrected chi connectivity index (χ3v) is 5.80. The number of nitro groups is 1. The lowest BCUT2D eigenvalue weighted by molar-refractivity contribution is -0.384. The van der Waals surface area contributed by atoms with Crippen molar-refractivity contribution in [3.63, 3.8) is 0 Å². The molecule has 4 rings (SSSR count). The smallest absolute Gasteiger partial charge is 0.269 e. The monoisotopic (exact) mass is 446 g/mol.